The van der Waals surface area contributed by atoms with Gasteiger partial charge in [-0.2, -0.15) is 0 Å². The number of hydrogen-bond acceptors (Lipinski definition) is 6. The van der Waals surface area contributed by atoms with E-state index in [1.54, 1.807) is 12.1 Å². The predicted octanol–water partition coefficient (Wildman–Crippen LogP) is 4.31. The highest BCUT2D eigenvalue weighted by atomic mass is 16.5. The highest BCUT2D eigenvalue weighted by Crippen LogP contribution is 2.27. The Balaban J connectivity index is 1.43. The quantitative estimate of drug-likeness (QED) is 0.335. The zero-order chi connectivity index (χ0) is 23.8. The Bertz CT molecular complexity index is 1450. The minimum Gasteiger partial charge on any atom is -0.459 e. The zero-order valence-corrected chi connectivity index (χ0v) is 18.9. The second kappa shape index (κ2) is 8.67. The summed E-state index contributed by atoms with van der Waals surface area (Å²) >= 11 is 0. The molecule has 0 saturated heterocycles. The average Bonchev–Trinajstić information content (AvgIpc) is 3.38. The van der Waals surface area contributed by atoms with E-state index in [1.165, 1.54) is 17.2 Å². The van der Waals surface area contributed by atoms with E-state index in [0.717, 1.165) is 22.3 Å². The van der Waals surface area contributed by atoms with Gasteiger partial charge in [-0.25, -0.2) is 9.59 Å². The molecule has 0 radical (unpaired) electrons. The Hall–Kier alpha value is -4.13. The van der Waals surface area contributed by atoms with Crippen molar-refractivity contribution in [2.75, 3.05) is 0 Å². The number of aryl methyl sites for hydroxylation is 2. The molecule has 1 aliphatic heterocycles. The summed E-state index contributed by atoms with van der Waals surface area (Å²) in [5.41, 5.74) is 4.37. The highest BCUT2D eigenvalue weighted by molar-refractivity contribution is 5.95. The molecule has 1 aliphatic rings. The van der Waals surface area contributed by atoms with Crippen LogP contribution in [0.5, 0.6) is 0 Å². The Labute approximate surface area is 195 Å². The third kappa shape index (κ3) is 3.90. The third-order valence-electron chi connectivity index (χ3n) is 6.40. The molecule has 0 N–H and O–H groups in total. The lowest BCUT2D eigenvalue weighted by molar-refractivity contribution is -0.151. The van der Waals surface area contributed by atoms with Gasteiger partial charge in [0.1, 0.15) is 18.2 Å². The maximum absolute atomic E-state index is 13.3. The lowest BCUT2D eigenvalue weighted by Gasteiger charge is -2.34. The van der Waals surface area contributed by atoms with Gasteiger partial charge in [0, 0.05) is 30.0 Å². The molecule has 0 aliphatic carbocycles. The van der Waals surface area contributed by atoms with Gasteiger partial charge in [-0.05, 0) is 48.2 Å². The van der Waals surface area contributed by atoms with E-state index >= 15 is 0 Å². The first kappa shape index (κ1) is 21.7. The van der Waals surface area contributed by atoms with Crippen LogP contribution in [0.3, 0.4) is 0 Å². The molecular formula is C27H23NO6. The van der Waals surface area contributed by atoms with Crippen molar-refractivity contribution in [3.05, 3.63) is 105 Å². The maximum atomic E-state index is 13.3. The number of benzene rings is 2. The molecule has 0 unspecified atom stereocenters. The molecule has 2 aromatic heterocycles. The van der Waals surface area contributed by atoms with E-state index < -0.39 is 17.6 Å². The molecule has 1 amide bonds. The van der Waals surface area contributed by atoms with Crippen LogP contribution in [0.15, 0.2) is 74.5 Å². The molecular weight excluding hydrogens is 434 g/mol. The summed E-state index contributed by atoms with van der Waals surface area (Å²) in [5, 5.41) is 0.716. The summed E-state index contributed by atoms with van der Waals surface area (Å²) in [6.45, 7) is 3.98. The number of carbonyl (C=O) groups excluding carboxylic acids is 2. The van der Waals surface area contributed by atoms with Crippen molar-refractivity contribution in [1.29, 1.82) is 0 Å². The lowest BCUT2D eigenvalue weighted by atomic mass is 9.93. The normalized spacial score (nSPS) is 15.2. The van der Waals surface area contributed by atoms with Crippen molar-refractivity contribution in [3.63, 3.8) is 0 Å². The Kier molecular flexibility index (Phi) is 5.53. The minimum atomic E-state index is -0.817. The molecule has 5 rings (SSSR count). The highest BCUT2D eigenvalue weighted by Gasteiger charge is 2.37. The summed E-state index contributed by atoms with van der Waals surface area (Å²) in [4.78, 5) is 40.0. The number of esters is 1. The fourth-order valence-corrected chi connectivity index (χ4v) is 4.38. The van der Waals surface area contributed by atoms with Crippen molar-refractivity contribution in [2.24, 2.45) is 0 Å². The van der Waals surface area contributed by atoms with Crippen molar-refractivity contribution in [1.82, 2.24) is 4.90 Å². The molecule has 4 aromatic rings. The van der Waals surface area contributed by atoms with Crippen LogP contribution in [0.4, 0.5) is 0 Å². The summed E-state index contributed by atoms with van der Waals surface area (Å²) in [5.74, 6) is -0.757. The van der Waals surface area contributed by atoms with Crippen molar-refractivity contribution in [2.45, 2.75) is 39.5 Å². The van der Waals surface area contributed by atoms with E-state index in [1.807, 2.05) is 50.2 Å². The van der Waals surface area contributed by atoms with Gasteiger partial charge in [0.2, 0.25) is 0 Å². The topological polar surface area (TPSA) is 90.0 Å². The second-order valence-electron chi connectivity index (χ2n) is 8.48. The molecule has 0 spiro atoms. The van der Waals surface area contributed by atoms with Gasteiger partial charge in [0.05, 0.1) is 6.26 Å². The Morgan fingerprint density at radius 3 is 2.62 bits per heavy atom. The van der Waals surface area contributed by atoms with Crippen LogP contribution in [0.1, 0.15) is 38.4 Å². The number of carbonyl (C=O) groups is 2. The Morgan fingerprint density at radius 2 is 1.85 bits per heavy atom. The second-order valence-corrected chi connectivity index (χ2v) is 8.48. The average molecular weight is 457 g/mol. The van der Waals surface area contributed by atoms with Gasteiger partial charge in [0.15, 0.2) is 5.76 Å². The third-order valence-corrected chi connectivity index (χ3v) is 6.40. The van der Waals surface area contributed by atoms with Gasteiger partial charge < -0.3 is 18.5 Å². The van der Waals surface area contributed by atoms with Gasteiger partial charge in [-0.15, -0.1) is 0 Å². The molecule has 0 fully saturated rings. The van der Waals surface area contributed by atoms with Gasteiger partial charge >= 0.3 is 11.6 Å². The van der Waals surface area contributed by atoms with Crippen LogP contribution < -0.4 is 5.63 Å². The van der Waals surface area contributed by atoms with Crippen LogP contribution in [0.25, 0.3) is 11.0 Å². The molecule has 2 aromatic carbocycles. The number of amides is 1. The van der Waals surface area contributed by atoms with Gasteiger partial charge in [0.25, 0.3) is 5.91 Å². The smallest absolute Gasteiger partial charge is 0.336 e. The lowest BCUT2D eigenvalue weighted by Crippen LogP contribution is -2.49. The summed E-state index contributed by atoms with van der Waals surface area (Å²) < 4.78 is 16.4. The molecule has 34 heavy (non-hydrogen) atoms. The molecule has 172 valence electrons. The van der Waals surface area contributed by atoms with E-state index in [2.05, 4.69) is 0 Å². The Morgan fingerprint density at radius 1 is 1.06 bits per heavy atom. The number of ether oxygens (including phenoxy) is 1. The standard InChI is InChI=1S/C27H23NO6/c1-16-9-10-21-20(13-24(29)34-25(21)17(16)2)15-33-27(31)22-12-18-6-3-4-7-19(18)14-28(22)26(30)23-8-5-11-32-23/h3-11,13,22H,12,14-15H2,1-2H3/t22-/m0/s1. The van der Waals surface area contributed by atoms with Gasteiger partial charge in [-0.3, -0.25) is 4.79 Å². The maximum Gasteiger partial charge on any atom is 0.336 e. The predicted molar refractivity (Wildman–Crippen MR) is 124 cm³/mol. The van der Waals surface area contributed by atoms with Crippen LogP contribution in [0, 0.1) is 13.8 Å². The largest absolute Gasteiger partial charge is 0.459 e. The molecule has 7 nitrogen and oxygen atoms in total. The van der Waals surface area contributed by atoms with Crippen molar-refractivity contribution >= 4 is 22.8 Å². The van der Waals surface area contributed by atoms with Crippen LogP contribution in [-0.2, 0) is 29.1 Å². The first-order valence-electron chi connectivity index (χ1n) is 11.0. The summed E-state index contributed by atoms with van der Waals surface area (Å²) in [7, 11) is 0. The molecule has 0 saturated carbocycles. The SMILES string of the molecule is Cc1ccc2c(COC(=O)[C@@H]3Cc4ccccc4CN3C(=O)c3ccco3)cc(=O)oc2c1C. The zero-order valence-electron chi connectivity index (χ0n) is 18.9. The molecule has 1 atom stereocenters. The van der Waals surface area contributed by atoms with Crippen LogP contribution in [0.2, 0.25) is 0 Å². The first-order chi connectivity index (χ1) is 16.4. The molecule has 0 bridgehead atoms. The van der Waals surface area contributed by atoms with Crippen molar-refractivity contribution < 1.29 is 23.2 Å². The number of hydrogen-bond donors (Lipinski definition) is 0. The monoisotopic (exact) mass is 457 g/mol. The minimum absolute atomic E-state index is 0.107. The van der Waals surface area contributed by atoms with Crippen LogP contribution in [-0.4, -0.2) is 22.8 Å². The number of nitrogens with zero attached hydrogens (tertiary/aromatic N) is 1. The molecule has 7 heteroatoms. The van der Waals surface area contributed by atoms with Crippen LogP contribution >= 0.6 is 0 Å². The number of rotatable bonds is 4. The summed E-state index contributed by atoms with van der Waals surface area (Å²) in [6, 6.07) is 15.2. The fourth-order valence-electron chi connectivity index (χ4n) is 4.38. The molecule has 3 heterocycles. The van der Waals surface area contributed by atoms with E-state index in [4.69, 9.17) is 13.6 Å². The number of fused-ring (bicyclic) bond motifs is 2. The number of furan rings is 1. The van der Waals surface area contributed by atoms with Crippen molar-refractivity contribution in [3.8, 4) is 0 Å². The van der Waals surface area contributed by atoms with E-state index in [-0.39, 0.29) is 24.8 Å². The van der Waals surface area contributed by atoms with E-state index in [9.17, 15) is 14.4 Å². The van der Waals surface area contributed by atoms with E-state index in [0.29, 0.717) is 23.0 Å². The van der Waals surface area contributed by atoms with Gasteiger partial charge in [-0.1, -0.05) is 36.4 Å². The fraction of sp³-hybridized carbons (Fsp3) is 0.222. The first-order valence-corrected chi connectivity index (χ1v) is 11.0. The summed E-state index contributed by atoms with van der Waals surface area (Å²) in [6.07, 6.45) is 1.76.